The van der Waals surface area contributed by atoms with Gasteiger partial charge in [-0.1, -0.05) is 30.3 Å². The van der Waals surface area contributed by atoms with E-state index in [1.807, 2.05) is 18.2 Å². The molecule has 1 N–H and O–H groups in total. The van der Waals surface area contributed by atoms with Crippen LogP contribution in [0, 0.1) is 10.1 Å². The molecule has 0 unspecified atom stereocenters. The van der Waals surface area contributed by atoms with Gasteiger partial charge in [0.1, 0.15) is 0 Å². The van der Waals surface area contributed by atoms with Crippen LogP contribution < -0.4 is 10.1 Å². The number of rotatable bonds is 3. The third kappa shape index (κ3) is 2.80. The quantitative estimate of drug-likeness (QED) is 0.316. The van der Waals surface area contributed by atoms with E-state index < -0.39 is 4.92 Å². The third-order valence-corrected chi connectivity index (χ3v) is 5.59. The first-order chi connectivity index (χ1) is 14.2. The molecule has 2 heterocycles. The molecule has 6 nitrogen and oxygen atoms in total. The molecule has 0 atom stereocenters. The largest absolute Gasteiger partial charge is 0.490 e. The standard InChI is InChI=1S/C23H19N3O3/c1-29-21-9-7-15(12-20(21)26(27)28)23-18-13-24-11-10-17(18)22-16-5-3-2-4-14(16)6-8-19(22)25-23/h2-9,12,24H,10-11,13H2,1H3. The highest BCUT2D eigenvalue weighted by Gasteiger charge is 2.23. The van der Waals surface area contributed by atoms with Crippen LogP contribution in [0.5, 0.6) is 5.75 Å². The van der Waals surface area contributed by atoms with Gasteiger partial charge in [0.05, 0.1) is 23.2 Å². The SMILES string of the molecule is COc1ccc(-c2nc3ccc4ccccc4c3c3c2CNCC3)cc1[N+](=O)[O-]. The van der Waals surface area contributed by atoms with Gasteiger partial charge in [-0.05, 0) is 53.1 Å². The Kier molecular flexibility index (Phi) is 4.14. The number of nitrogens with zero attached hydrogens (tertiary/aromatic N) is 2. The Morgan fingerprint density at radius 2 is 1.97 bits per heavy atom. The number of fused-ring (bicyclic) bond motifs is 5. The van der Waals surface area contributed by atoms with Crippen LogP contribution in [0.3, 0.4) is 0 Å². The van der Waals surface area contributed by atoms with Gasteiger partial charge in [-0.15, -0.1) is 0 Å². The van der Waals surface area contributed by atoms with Crippen LogP contribution in [-0.4, -0.2) is 23.6 Å². The van der Waals surface area contributed by atoms with Gasteiger partial charge in [0.2, 0.25) is 0 Å². The van der Waals surface area contributed by atoms with Crippen molar-refractivity contribution in [3.8, 4) is 17.0 Å². The molecule has 144 valence electrons. The first-order valence-electron chi connectivity index (χ1n) is 9.54. The summed E-state index contributed by atoms with van der Waals surface area (Å²) in [5.41, 5.74) is 4.77. The van der Waals surface area contributed by atoms with Gasteiger partial charge in [0, 0.05) is 23.6 Å². The first kappa shape index (κ1) is 17.6. The van der Waals surface area contributed by atoms with Crippen LogP contribution in [0.1, 0.15) is 11.1 Å². The highest BCUT2D eigenvalue weighted by Crippen LogP contribution is 2.38. The van der Waals surface area contributed by atoms with Crippen molar-refractivity contribution in [3.05, 3.63) is 75.8 Å². The summed E-state index contributed by atoms with van der Waals surface area (Å²) in [5, 5.41) is 18.5. The topological polar surface area (TPSA) is 77.3 Å². The summed E-state index contributed by atoms with van der Waals surface area (Å²) < 4.78 is 5.15. The van der Waals surface area contributed by atoms with E-state index in [4.69, 9.17) is 9.72 Å². The number of aromatic nitrogens is 1. The molecular weight excluding hydrogens is 366 g/mol. The highest BCUT2D eigenvalue weighted by atomic mass is 16.6. The van der Waals surface area contributed by atoms with E-state index in [1.165, 1.54) is 28.8 Å². The van der Waals surface area contributed by atoms with Gasteiger partial charge in [-0.3, -0.25) is 10.1 Å². The minimum Gasteiger partial charge on any atom is -0.490 e. The Bertz CT molecular complexity index is 1280. The van der Waals surface area contributed by atoms with Crippen LogP contribution in [0.15, 0.2) is 54.6 Å². The maximum atomic E-state index is 11.5. The number of nitro groups is 1. The van der Waals surface area contributed by atoms with Gasteiger partial charge in [-0.2, -0.15) is 0 Å². The highest BCUT2D eigenvalue weighted by molar-refractivity contribution is 6.09. The lowest BCUT2D eigenvalue weighted by Crippen LogP contribution is -2.25. The number of benzene rings is 3. The zero-order chi connectivity index (χ0) is 20.0. The summed E-state index contributed by atoms with van der Waals surface area (Å²) in [6.45, 7) is 1.59. The summed E-state index contributed by atoms with van der Waals surface area (Å²) in [7, 11) is 1.44. The first-order valence-corrected chi connectivity index (χ1v) is 9.54. The molecule has 0 amide bonds. The molecule has 4 aromatic rings. The predicted octanol–water partition coefficient (Wildman–Crippen LogP) is 4.62. The van der Waals surface area contributed by atoms with E-state index in [0.717, 1.165) is 35.3 Å². The lowest BCUT2D eigenvalue weighted by Gasteiger charge is -2.23. The molecule has 29 heavy (non-hydrogen) atoms. The maximum Gasteiger partial charge on any atom is 0.311 e. The molecular formula is C23H19N3O3. The van der Waals surface area contributed by atoms with Crippen LogP contribution in [-0.2, 0) is 13.0 Å². The van der Waals surface area contributed by atoms with Gasteiger partial charge >= 0.3 is 5.69 Å². The van der Waals surface area contributed by atoms with E-state index in [9.17, 15) is 10.1 Å². The molecule has 3 aromatic carbocycles. The normalized spacial score (nSPS) is 13.4. The molecule has 1 aromatic heterocycles. The number of methoxy groups -OCH3 is 1. The predicted molar refractivity (Wildman–Crippen MR) is 113 cm³/mol. The van der Waals surface area contributed by atoms with E-state index in [2.05, 4.69) is 29.6 Å². The summed E-state index contributed by atoms with van der Waals surface area (Å²) in [6.07, 6.45) is 0.896. The molecule has 6 heteroatoms. The van der Waals surface area contributed by atoms with E-state index in [1.54, 1.807) is 12.1 Å². The molecule has 1 aliphatic rings. The van der Waals surface area contributed by atoms with Crippen molar-refractivity contribution in [2.75, 3.05) is 13.7 Å². The van der Waals surface area contributed by atoms with Crippen LogP contribution in [0.2, 0.25) is 0 Å². The van der Waals surface area contributed by atoms with Gasteiger partial charge < -0.3 is 10.1 Å². The average molecular weight is 385 g/mol. The van der Waals surface area contributed by atoms with Crippen molar-refractivity contribution >= 4 is 27.4 Å². The van der Waals surface area contributed by atoms with Gasteiger partial charge in [-0.25, -0.2) is 4.98 Å². The lowest BCUT2D eigenvalue weighted by atomic mass is 9.90. The molecule has 0 saturated heterocycles. The second-order valence-electron chi connectivity index (χ2n) is 7.17. The minimum atomic E-state index is -0.415. The Morgan fingerprint density at radius 1 is 1.10 bits per heavy atom. The second kappa shape index (κ2) is 6.83. The summed E-state index contributed by atoms with van der Waals surface area (Å²) in [5.74, 6) is 0.248. The number of nitro benzene ring substituents is 1. The van der Waals surface area contributed by atoms with Crippen LogP contribution in [0.4, 0.5) is 5.69 Å². The number of hydrogen-bond donors (Lipinski definition) is 1. The van der Waals surface area contributed by atoms with E-state index >= 15 is 0 Å². The number of nitrogens with one attached hydrogen (secondary N) is 1. The van der Waals surface area contributed by atoms with Gasteiger partial charge in [0.25, 0.3) is 0 Å². The van der Waals surface area contributed by atoms with E-state index in [0.29, 0.717) is 6.54 Å². The molecule has 5 rings (SSSR count). The number of hydrogen-bond acceptors (Lipinski definition) is 5. The van der Waals surface area contributed by atoms with Crippen molar-refractivity contribution in [2.45, 2.75) is 13.0 Å². The zero-order valence-electron chi connectivity index (χ0n) is 15.9. The summed E-state index contributed by atoms with van der Waals surface area (Å²) in [6, 6.07) is 17.5. The molecule has 0 fully saturated rings. The number of ether oxygens (including phenoxy) is 1. The molecule has 0 radical (unpaired) electrons. The van der Waals surface area contributed by atoms with Crippen molar-refractivity contribution in [3.63, 3.8) is 0 Å². The Hall–Kier alpha value is -3.51. The molecule has 0 spiro atoms. The molecule has 0 bridgehead atoms. The molecule has 0 aliphatic carbocycles. The third-order valence-electron chi connectivity index (χ3n) is 5.59. The fraction of sp³-hybridized carbons (Fsp3) is 0.174. The monoisotopic (exact) mass is 385 g/mol. The molecule has 0 saturated carbocycles. The van der Waals surface area contributed by atoms with Crippen molar-refractivity contribution < 1.29 is 9.66 Å². The van der Waals surface area contributed by atoms with Crippen LogP contribution in [0.25, 0.3) is 32.9 Å². The van der Waals surface area contributed by atoms with Crippen molar-refractivity contribution in [2.24, 2.45) is 0 Å². The van der Waals surface area contributed by atoms with Crippen molar-refractivity contribution in [1.82, 2.24) is 10.3 Å². The van der Waals surface area contributed by atoms with E-state index in [-0.39, 0.29) is 11.4 Å². The van der Waals surface area contributed by atoms with Crippen molar-refractivity contribution in [1.29, 1.82) is 0 Å². The lowest BCUT2D eigenvalue weighted by molar-refractivity contribution is -0.385. The Labute approximate surface area is 167 Å². The minimum absolute atomic E-state index is 0.0528. The molecule has 1 aliphatic heterocycles. The zero-order valence-corrected chi connectivity index (χ0v) is 15.9. The summed E-state index contributed by atoms with van der Waals surface area (Å²) in [4.78, 5) is 16.1. The number of pyridine rings is 1. The fourth-order valence-electron chi connectivity index (χ4n) is 4.26. The Balaban J connectivity index is 1.83. The fourth-order valence-corrected chi connectivity index (χ4v) is 4.26. The smallest absolute Gasteiger partial charge is 0.311 e. The maximum absolute atomic E-state index is 11.5. The summed E-state index contributed by atoms with van der Waals surface area (Å²) >= 11 is 0. The van der Waals surface area contributed by atoms with Crippen LogP contribution >= 0.6 is 0 Å². The average Bonchev–Trinajstić information content (AvgIpc) is 2.77. The second-order valence-corrected chi connectivity index (χ2v) is 7.17. The Morgan fingerprint density at radius 3 is 2.79 bits per heavy atom. The van der Waals surface area contributed by atoms with Gasteiger partial charge in [0.15, 0.2) is 5.75 Å².